The highest BCUT2D eigenvalue weighted by atomic mass is 16.5. The fourth-order valence-electron chi connectivity index (χ4n) is 3.33. The van der Waals surface area contributed by atoms with E-state index in [2.05, 4.69) is 23.0 Å². The van der Waals surface area contributed by atoms with Gasteiger partial charge in [0.25, 0.3) is 0 Å². The lowest BCUT2D eigenvalue weighted by molar-refractivity contribution is 0.161. The van der Waals surface area contributed by atoms with Gasteiger partial charge < -0.3 is 4.74 Å². The van der Waals surface area contributed by atoms with Gasteiger partial charge in [0, 0.05) is 17.6 Å². The van der Waals surface area contributed by atoms with Gasteiger partial charge in [0.2, 0.25) is 5.88 Å². The van der Waals surface area contributed by atoms with E-state index in [1.807, 2.05) is 12.1 Å². The summed E-state index contributed by atoms with van der Waals surface area (Å²) in [7, 11) is 0. The van der Waals surface area contributed by atoms with Crippen molar-refractivity contribution in [3.8, 4) is 5.88 Å². The molecule has 2 atom stereocenters. The molecule has 0 aliphatic heterocycles. The van der Waals surface area contributed by atoms with Crippen LogP contribution in [0.4, 0.5) is 0 Å². The molecule has 0 bridgehead atoms. The van der Waals surface area contributed by atoms with Crippen molar-refractivity contribution in [2.45, 2.75) is 64.4 Å². The molecule has 0 radical (unpaired) electrons. The topological polar surface area (TPSA) is 35.0 Å². The highest BCUT2D eigenvalue weighted by molar-refractivity contribution is 5.77. The van der Waals surface area contributed by atoms with E-state index >= 15 is 0 Å². The first-order chi connectivity index (χ1) is 10.8. The Morgan fingerprint density at radius 3 is 2.73 bits per heavy atom. The molecule has 2 aromatic rings. The van der Waals surface area contributed by atoms with Gasteiger partial charge >= 0.3 is 0 Å². The number of ether oxygens (including phenoxy) is 1. The second kappa shape index (κ2) is 7.57. The highest BCUT2D eigenvalue weighted by Crippen LogP contribution is 2.24. The van der Waals surface area contributed by atoms with Gasteiger partial charge in [-0.15, -0.1) is 0 Å². The van der Waals surface area contributed by atoms with Gasteiger partial charge in [-0.2, -0.15) is 0 Å². The number of rotatable bonds is 2. The zero-order valence-electron chi connectivity index (χ0n) is 13.5. The van der Waals surface area contributed by atoms with Crippen LogP contribution in [0, 0.1) is 5.92 Å². The van der Waals surface area contributed by atoms with Crippen molar-refractivity contribution in [1.29, 1.82) is 0 Å². The minimum Gasteiger partial charge on any atom is -0.474 e. The Labute approximate surface area is 133 Å². The van der Waals surface area contributed by atoms with Crippen molar-refractivity contribution >= 4 is 10.9 Å². The first kappa shape index (κ1) is 15.3. The van der Waals surface area contributed by atoms with Gasteiger partial charge in [-0.3, -0.25) is 4.98 Å². The van der Waals surface area contributed by atoms with E-state index in [4.69, 9.17) is 4.74 Å². The molecule has 1 aliphatic carbocycles. The smallest absolute Gasteiger partial charge is 0.214 e. The van der Waals surface area contributed by atoms with Gasteiger partial charge in [0.1, 0.15) is 6.10 Å². The van der Waals surface area contributed by atoms with Crippen molar-refractivity contribution in [2.24, 2.45) is 5.92 Å². The summed E-state index contributed by atoms with van der Waals surface area (Å²) in [6.07, 6.45) is 14.2. The SMILES string of the molecule is CC1CCCCCC(Oc2ccc3ccncc3n2)CCC1. The first-order valence-corrected chi connectivity index (χ1v) is 8.69. The van der Waals surface area contributed by atoms with Crippen LogP contribution >= 0.6 is 0 Å². The van der Waals surface area contributed by atoms with Gasteiger partial charge in [0.05, 0.1) is 11.7 Å². The summed E-state index contributed by atoms with van der Waals surface area (Å²) < 4.78 is 6.19. The summed E-state index contributed by atoms with van der Waals surface area (Å²) in [5.41, 5.74) is 0.911. The van der Waals surface area contributed by atoms with E-state index < -0.39 is 0 Å². The molecule has 0 spiro atoms. The zero-order chi connectivity index (χ0) is 15.2. The molecule has 1 saturated carbocycles. The average molecular weight is 298 g/mol. The van der Waals surface area contributed by atoms with Crippen molar-refractivity contribution < 1.29 is 4.74 Å². The van der Waals surface area contributed by atoms with Crippen LogP contribution < -0.4 is 4.74 Å². The van der Waals surface area contributed by atoms with E-state index in [1.165, 1.54) is 38.5 Å². The van der Waals surface area contributed by atoms with Gasteiger partial charge in [-0.05, 0) is 43.7 Å². The Balaban J connectivity index is 1.65. The maximum absolute atomic E-state index is 6.19. The van der Waals surface area contributed by atoms with Crippen LogP contribution in [-0.4, -0.2) is 16.1 Å². The Bertz CT molecular complexity index is 599. The molecule has 1 aliphatic rings. The number of nitrogens with zero attached hydrogens (tertiary/aromatic N) is 2. The fraction of sp³-hybridized carbons (Fsp3) is 0.579. The van der Waals surface area contributed by atoms with Crippen LogP contribution in [0.2, 0.25) is 0 Å². The van der Waals surface area contributed by atoms with Crippen molar-refractivity contribution in [2.75, 3.05) is 0 Å². The predicted octanol–water partition coefficient (Wildman–Crippen LogP) is 5.15. The molecule has 2 heterocycles. The summed E-state index contributed by atoms with van der Waals surface area (Å²) >= 11 is 0. The lowest BCUT2D eigenvalue weighted by atomic mass is 9.93. The van der Waals surface area contributed by atoms with E-state index in [-0.39, 0.29) is 0 Å². The number of hydrogen-bond acceptors (Lipinski definition) is 3. The summed E-state index contributed by atoms with van der Waals surface area (Å²) in [6, 6.07) is 6.04. The van der Waals surface area contributed by atoms with Crippen molar-refractivity contribution in [3.63, 3.8) is 0 Å². The minimum atomic E-state index is 0.312. The van der Waals surface area contributed by atoms with Crippen LogP contribution in [0.5, 0.6) is 5.88 Å². The van der Waals surface area contributed by atoms with Crippen LogP contribution in [0.3, 0.4) is 0 Å². The molecule has 0 N–H and O–H groups in total. The lowest BCUT2D eigenvalue weighted by Gasteiger charge is -2.21. The second-order valence-corrected chi connectivity index (χ2v) is 6.63. The van der Waals surface area contributed by atoms with E-state index in [0.29, 0.717) is 6.10 Å². The zero-order valence-corrected chi connectivity index (χ0v) is 13.5. The van der Waals surface area contributed by atoms with Crippen LogP contribution in [-0.2, 0) is 0 Å². The largest absolute Gasteiger partial charge is 0.474 e. The normalized spacial score (nSPS) is 24.0. The molecule has 0 amide bonds. The molecule has 2 aromatic heterocycles. The van der Waals surface area contributed by atoms with Crippen LogP contribution in [0.15, 0.2) is 30.6 Å². The molecule has 2 unspecified atom stereocenters. The molecular weight excluding hydrogens is 272 g/mol. The molecule has 3 rings (SSSR count). The number of fused-ring (bicyclic) bond motifs is 1. The molecular formula is C19H26N2O. The number of aromatic nitrogens is 2. The third-order valence-electron chi connectivity index (χ3n) is 4.70. The predicted molar refractivity (Wildman–Crippen MR) is 90.1 cm³/mol. The Morgan fingerprint density at radius 2 is 1.77 bits per heavy atom. The first-order valence-electron chi connectivity index (χ1n) is 8.69. The molecule has 3 nitrogen and oxygen atoms in total. The summed E-state index contributed by atoms with van der Waals surface area (Å²) in [5.74, 6) is 1.61. The summed E-state index contributed by atoms with van der Waals surface area (Å²) in [5, 5.41) is 1.11. The van der Waals surface area contributed by atoms with Crippen molar-refractivity contribution in [3.05, 3.63) is 30.6 Å². The summed E-state index contributed by atoms with van der Waals surface area (Å²) in [4.78, 5) is 8.74. The van der Waals surface area contributed by atoms with Gasteiger partial charge in [-0.1, -0.05) is 32.6 Å². The van der Waals surface area contributed by atoms with Crippen LogP contribution in [0.25, 0.3) is 10.9 Å². The van der Waals surface area contributed by atoms with Crippen molar-refractivity contribution in [1.82, 2.24) is 9.97 Å². The molecule has 0 saturated heterocycles. The standard InChI is InChI=1S/C19H26N2O/c1-15-6-3-2-4-8-17(9-5-7-15)22-19-11-10-16-12-13-20-14-18(16)21-19/h10-15,17H,2-9H2,1H3. The maximum atomic E-state index is 6.19. The molecule has 3 heteroatoms. The second-order valence-electron chi connectivity index (χ2n) is 6.63. The van der Waals surface area contributed by atoms with Gasteiger partial charge in [-0.25, -0.2) is 4.98 Å². The van der Waals surface area contributed by atoms with Gasteiger partial charge in [0.15, 0.2) is 0 Å². The molecule has 22 heavy (non-hydrogen) atoms. The monoisotopic (exact) mass is 298 g/mol. The molecule has 1 fully saturated rings. The quantitative estimate of drug-likeness (QED) is 0.769. The number of pyridine rings is 2. The van der Waals surface area contributed by atoms with E-state index in [0.717, 1.165) is 35.5 Å². The fourth-order valence-corrected chi connectivity index (χ4v) is 3.33. The Hall–Kier alpha value is -1.64. The average Bonchev–Trinajstić information content (AvgIpc) is 2.54. The minimum absolute atomic E-state index is 0.312. The highest BCUT2D eigenvalue weighted by Gasteiger charge is 2.14. The lowest BCUT2D eigenvalue weighted by Crippen LogP contribution is -2.18. The molecule has 0 aromatic carbocycles. The summed E-state index contributed by atoms with van der Waals surface area (Å²) in [6.45, 7) is 2.38. The molecule has 118 valence electrons. The van der Waals surface area contributed by atoms with Crippen LogP contribution in [0.1, 0.15) is 58.3 Å². The number of hydrogen-bond donors (Lipinski definition) is 0. The third-order valence-corrected chi connectivity index (χ3v) is 4.70. The maximum Gasteiger partial charge on any atom is 0.214 e. The third kappa shape index (κ3) is 4.19. The van der Waals surface area contributed by atoms with E-state index in [1.54, 1.807) is 12.4 Å². The van der Waals surface area contributed by atoms with E-state index in [9.17, 15) is 0 Å². The Kier molecular flexibility index (Phi) is 5.25. The Morgan fingerprint density at radius 1 is 0.955 bits per heavy atom.